The van der Waals surface area contributed by atoms with Gasteiger partial charge in [-0.2, -0.15) is 5.10 Å². The SMILES string of the molecule is Cc1ccc2cc(CN3CCOCC3c3c(C)n[nH]c3C)ccc2n1. The number of aryl methyl sites for hydroxylation is 3. The number of rotatable bonds is 3. The lowest BCUT2D eigenvalue weighted by molar-refractivity contribution is -0.0131. The van der Waals surface area contributed by atoms with Crippen LogP contribution in [-0.4, -0.2) is 39.8 Å². The molecule has 1 saturated heterocycles. The molecule has 130 valence electrons. The van der Waals surface area contributed by atoms with E-state index < -0.39 is 0 Å². The number of morpholine rings is 1. The number of nitrogens with one attached hydrogen (secondary N) is 1. The van der Waals surface area contributed by atoms with Crippen molar-refractivity contribution in [1.29, 1.82) is 0 Å². The predicted molar refractivity (Wildman–Crippen MR) is 98.5 cm³/mol. The number of hydrogen-bond donors (Lipinski definition) is 1. The molecular formula is C20H24N4O. The van der Waals surface area contributed by atoms with Crippen LogP contribution in [0.5, 0.6) is 0 Å². The fourth-order valence-corrected chi connectivity index (χ4v) is 3.75. The number of pyridine rings is 1. The fraction of sp³-hybridized carbons (Fsp3) is 0.400. The van der Waals surface area contributed by atoms with Crippen LogP contribution in [0.25, 0.3) is 10.9 Å². The minimum atomic E-state index is 0.249. The average Bonchev–Trinajstić information content (AvgIpc) is 2.94. The van der Waals surface area contributed by atoms with Crippen molar-refractivity contribution < 1.29 is 4.74 Å². The van der Waals surface area contributed by atoms with E-state index >= 15 is 0 Å². The van der Waals surface area contributed by atoms with E-state index in [9.17, 15) is 0 Å². The maximum atomic E-state index is 5.77. The first-order valence-corrected chi connectivity index (χ1v) is 8.81. The number of ether oxygens (including phenoxy) is 1. The van der Waals surface area contributed by atoms with Crippen LogP contribution in [0.3, 0.4) is 0 Å². The standard InChI is InChI=1S/C20H24N4O/c1-13-4-6-17-10-16(5-7-18(17)21-13)11-24-8-9-25-12-19(24)20-14(2)22-23-15(20)3/h4-7,10,19H,8-9,11-12H2,1-3H3,(H,22,23). The zero-order chi connectivity index (χ0) is 17.4. The quantitative estimate of drug-likeness (QED) is 0.796. The van der Waals surface area contributed by atoms with Crippen LogP contribution in [0.2, 0.25) is 0 Å². The first-order chi connectivity index (χ1) is 12.1. The molecule has 0 spiro atoms. The van der Waals surface area contributed by atoms with E-state index in [0.29, 0.717) is 0 Å². The second kappa shape index (κ2) is 6.58. The van der Waals surface area contributed by atoms with Crippen molar-refractivity contribution in [3.05, 3.63) is 58.5 Å². The van der Waals surface area contributed by atoms with Gasteiger partial charge in [-0.1, -0.05) is 12.1 Å². The highest BCUT2D eigenvalue weighted by Crippen LogP contribution is 2.30. The van der Waals surface area contributed by atoms with E-state index in [0.717, 1.165) is 48.9 Å². The number of nitrogens with zero attached hydrogens (tertiary/aromatic N) is 3. The lowest BCUT2D eigenvalue weighted by Gasteiger charge is -2.36. The Kier molecular flexibility index (Phi) is 4.27. The normalized spacial score (nSPS) is 18.8. The summed E-state index contributed by atoms with van der Waals surface area (Å²) < 4.78 is 5.77. The highest BCUT2D eigenvalue weighted by Gasteiger charge is 2.28. The van der Waals surface area contributed by atoms with E-state index in [-0.39, 0.29) is 6.04 Å². The molecule has 1 N–H and O–H groups in total. The summed E-state index contributed by atoms with van der Waals surface area (Å²) in [6.45, 7) is 9.51. The molecule has 4 rings (SSSR count). The van der Waals surface area contributed by atoms with E-state index in [1.807, 2.05) is 6.92 Å². The summed E-state index contributed by atoms with van der Waals surface area (Å²) in [5.74, 6) is 0. The van der Waals surface area contributed by atoms with Gasteiger partial charge in [0.05, 0.1) is 30.5 Å². The van der Waals surface area contributed by atoms with Crippen molar-refractivity contribution >= 4 is 10.9 Å². The van der Waals surface area contributed by atoms with Crippen molar-refractivity contribution in [3.8, 4) is 0 Å². The third kappa shape index (κ3) is 3.17. The Labute approximate surface area is 148 Å². The van der Waals surface area contributed by atoms with Crippen LogP contribution in [0.4, 0.5) is 0 Å². The molecular weight excluding hydrogens is 312 g/mol. The first kappa shape index (κ1) is 16.2. The van der Waals surface area contributed by atoms with Gasteiger partial charge in [-0.15, -0.1) is 0 Å². The summed E-state index contributed by atoms with van der Waals surface area (Å²) in [5.41, 5.74) is 6.90. The minimum absolute atomic E-state index is 0.249. The van der Waals surface area contributed by atoms with Crippen molar-refractivity contribution in [2.45, 2.75) is 33.4 Å². The van der Waals surface area contributed by atoms with Crippen LogP contribution >= 0.6 is 0 Å². The van der Waals surface area contributed by atoms with Crippen LogP contribution in [0.15, 0.2) is 30.3 Å². The van der Waals surface area contributed by atoms with Crippen molar-refractivity contribution in [1.82, 2.24) is 20.1 Å². The largest absolute Gasteiger partial charge is 0.378 e. The molecule has 0 bridgehead atoms. The number of aromatic nitrogens is 3. The molecule has 0 amide bonds. The van der Waals surface area contributed by atoms with Gasteiger partial charge >= 0.3 is 0 Å². The molecule has 5 heteroatoms. The molecule has 3 aromatic rings. The highest BCUT2D eigenvalue weighted by atomic mass is 16.5. The Bertz CT molecular complexity index is 882. The monoisotopic (exact) mass is 336 g/mol. The van der Waals surface area contributed by atoms with E-state index in [2.05, 4.69) is 64.3 Å². The van der Waals surface area contributed by atoms with Crippen LogP contribution in [0, 0.1) is 20.8 Å². The summed E-state index contributed by atoms with van der Waals surface area (Å²) in [6.07, 6.45) is 0. The van der Waals surface area contributed by atoms with E-state index in [4.69, 9.17) is 4.74 Å². The summed E-state index contributed by atoms with van der Waals surface area (Å²) in [6, 6.07) is 11.0. The summed E-state index contributed by atoms with van der Waals surface area (Å²) >= 11 is 0. The van der Waals surface area contributed by atoms with Gasteiger partial charge in [-0.25, -0.2) is 0 Å². The molecule has 1 aromatic carbocycles. The van der Waals surface area contributed by atoms with Gasteiger partial charge in [-0.05, 0) is 44.5 Å². The number of hydrogen-bond acceptors (Lipinski definition) is 4. The van der Waals surface area contributed by atoms with Gasteiger partial charge in [-0.3, -0.25) is 15.0 Å². The highest BCUT2D eigenvalue weighted by molar-refractivity contribution is 5.79. The molecule has 1 fully saturated rings. The van der Waals surface area contributed by atoms with Crippen molar-refractivity contribution in [2.24, 2.45) is 0 Å². The maximum Gasteiger partial charge on any atom is 0.0705 e. The first-order valence-electron chi connectivity index (χ1n) is 8.81. The smallest absolute Gasteiger partial charge is 0.0705 e. The Hall–Kier alpha value is -2.24. The molecule has 2 aromatic heterocycles. The predicted octanol–water partition coefficient (Wildman–Crippen LogP) is 3.46. The van der Waals surface area contributed by atoms with Crippen molar-refractivity contribution in [3.63, 3.8) is 0 Å². The van der Waals surface area contributed by atoms with Crippen LogP contribution in [-0.2, 0) is 11.3 Å². The molecule has 1 aliphatic rings. The van der Waals surface area contributed by atoms with Gasteiger partial charge in [0.1, 0.15) is 0 Å². The molecule has 3 heterocycles. The Balaban J connectivity index is 1.62. The molecule has 1 unspecified atom stereocenters. The zero-order valence-corrected chi connectivity index (χ0v) is 15.0. The van der Waals surface area contributed by atoms with Crippen LogP contribution < -0.4 is 0 Å². The van der Waals surface area contributed by atoms with E-state index in [1.165, 1.54) is 16.5 Å². The number of benzene rings is 1. The summed E-state index contributed by atoms with van der Waals surface area (Å²) in [5, 5.41) is 8.67. The van der Waals surface area contributed by atoms with Crippen LogP contribution in [0.1, 0.15) is 34.3 Å². The molecule has 1 aliphatic heterocycles. The Morgan fingerprint density at radius 1 is 1.20 bits per heavy atom. The minimum Gasteiger partial charge on any atom is -0.378 e. The van der Waals surface area contributed by atoms with Gasteiger partial charge < -0.3 is 4.74 Å². The summed E-state index contributed by atoms with van der Waals surface area (Å²) in [4.78, 5) is 7.09. The van der Waals surface area contributed by atoms with Gasteiger partial charge in [0, 0.05) is 35.4 Å². The topological polar surface area (TPSA) is 54.0 Å². The third-order valence-electron chi connectivity index (χ3n) is 5.04. The van der Waals surface area contributed by atoms with Gasteiger partial charge in [0.2, 0.25) is 0 Å². The molecule has 5 nitrogen and oxygen atoms in total. The Morgan fingerprint density at radius 3 is 2.88 bits per heavy atom. The zero-order valence-electron chi connectivity index (χ0n) is 15.0. The second-order valence-corrected chi connectivity index (χ2v) is 6.89. The lowest BCUT2D eigenvalue weighted by Crippen LogP contribution is -2.39. The van der Waals surface area contributed by atoms with Gasteiger partial charge in [0.25, 0.3) is 0 Å². The molecule has 1 atom stereocenters. The second-order valence-electron chi connectivity index (χ2n) is 6.89. The summed E-state index contributed by atoms with van der Waals surface area (Å²) in [7, 11) is 0. The number of aromatic amines is 1. The third-order valence-corrected chi connectivity index (χ3v) is 5.04. The maximum absolute atomic E-state index is 5.77. The lowest BCUT2D eigenvalue weighted by atomic mass is 10.0. The van der Waals surface area contributed by atoms with Gasteiger partial charge in [0.15, 0.2) is 0 Å². The van der Waals surface area contributed by atoms with E-state index in [1.54, 1.807) is 0 Å². The number of H-pyrrole nitrogens is 1. The van der Waals surface area contributed by atoms with Crippen molar-refractivity contribution in [2.75, 3.05) is 19.8 Å². The molecule has 25 heavy (non-hydrogen) atoms. The fourth-order valence-electron chi connectivity index (χ4n) is 3.75. The number of fused-ring (bicyclic) bond motifs is 1. The molecule has 0 aliphatic carbocycles. The molecule has 0 saturated carbocycles. The average molecular weight is 336 g/mol. The Morgan fingerprint density at radius 2 is 2.08 bits per heavy atom. The molecule has 0 radical (unpaired) electrons.